The van der Waals surface area contributed by atoms with Crippen LogP contribution in [0.1, 0.15) is 10.7 Å². The fourth-order valence-corrected chi connectivity index (χ4v) is 2.94. The number of hydrogen-bond donors (Lipinski definition) is 2. The average Bonchev–Trinajstić information content (AvgIpc) is 2.72. The Morgan fingerprint density at radius 2 is 2.11 bits per heavy atom. The van der Waals surface area contributed by atoms with Crippen LogP contribution >= 0.6 is 11.3 Å². The van der Waals surface area contributed by atoms with Gasteiger partial charge in [-0.1, -0.05) is 12.1 Å². The molecule has 0 amide bonds. The van der Waals surface area contributed by atoms with Crippen LogP contribution in [0, 0.1) is 6.92 Å². The lowest BCUT2D eigenvalue weighted by atomic mass is 10.3. The SMILES string of the molecule is Cc1csc(CNc2ccccc2S(N)(=O)=O)n1. The number of aromatic nitrogens is 1. The van der Waals surface area contributed by atoms with Crippen molar-refractivity contribution in [1.82, 2.24) is 4.98 Å². The fourth-order valence-electron chi connectivity index (χ4n) is 1.52. The molecule has 7 heteroatoms. The van der Waals surface area contributed by atoms with Crippen molar-refractivity contribution in [3.8, 4) is 0 Å². The van der Waals surface area contributed by atoms with Crippen molar-refractivity contribution in [2.24, 2.45) is 5.14 Å². The van der Waals surface area contributed by atoms with Gasteiger partial charge < -0.3 is 5.32 Å². The second-order valence-electron chi connectivity index (χ2n) is 3.78. The molecule has 0 unspecified atom stereocenters. The molecule has 0 aliphatic rings. The summed E-state index contributed by atoms with van der Waals surface area (Å²) in [4.78, 5) is 4.39. The highest BCUT2D eigenvalue weighted by Crippen LogP contribution is 2.20. The van der Waals surface area contributed by atoms with E-state index in [0.717, 1.165) is 10.7 Å². The topological polar surface area (TPSA) is 85.1 Å². The third kappa shape index (κ3) is 3.06. The van der Waals surface area contributed by atoms with E-state index in [1.54, 1.807) is 18.2 Å². The van der Waals surface area contributed by atoms with Crippen molar-refractivity contribution in [3.63, 3.8) is 0 Å². The van der Waals surface area contributed by atoms with E-state index in [1.807, 2.05) is 12.3 Å². The predicted molar refractivity (Wildman–Crippen MR) is 72.0 cm³/mol. The standard InChI is InChI=1S/C11H13N3O2S2/c1-8-7-17-11(14-8)6-13-9-4-2-3-5-10(9)18(12,15)16/h2-5,7,13H,6H2,1H3,(H2,12,15,16). The van der Waals surface area contributed by atoms with Gasteiger partial charge in [0.15, 0.2) is 0 Å². The summed E-state index contributed by atoms with van der Waals surface area (Å²) in [7, 11) is -3.71. The molecule has 0 bridgehead atoms. The van der Waals surface area contributed by atoms with E-state index >= 15 is 0 Å². The first kappa shape index (κ1) is 13.0. The second-order valence-corrected chi connectivity index (χ2v) is 6.25. The summed E-state index contributed by atoms with van der Waals surface area (Å²) in [5.74, 6) is 0. The predicted octanol–water partition coefficient (Wildman–Crippen LogP) is 1.71. The van der Waals surface area contributed by atoms with Crippen molar-refractivity contribution < 1.29 is 8.42 Å². The first-order valence-corrected chi connectivity index (χ1v) is 7.66. The van der Waals surface area contributed by atoms with Crippen LogP contribution in [0.25, 0.3) is 0 Å². The number of nitrogens with zero attached hydrogens (tertiary/aromatic N) is 1. The van der Waals surface area contributed by atoms with Crippen molar-refractivity contribution >= 4 is 27.0 Å². The van der Waals surface area contributed by atoms with Crippen LogP contribution in [-0.2, 0) is 16.6 Å². The lowest BCUT2D eigenvalue weighted by Gasteiger charge is -2.08. The first-order valence-electron chi connectivity index (χ1n) is 5.23. The number of nitrogens with two attached hydrogens (primary N) is 1. The maximum Gasteiger partial charge on any atom is 0.240 e. The largest absolute Gasteiger partial charge is 0.377 e. The minimum atomic E-state index is -3.71. The molecule has 18 heavy (non-hydrogen) atoms. The van der Waals surface area contributed by atoms with Crippen molar-refractivity contribution in [2.75, 3.05) is 5.32 Å². The first-order chi connectivity index (χ1) is 8.47. The normalized spacial score (nSPS) is 11.4. The molecule has 0 aliphatic carbocycles. The van der Waals surface area contributed by atoms with Gasteiger partial charge in [-0.05, 0) is 19.1 Å². The third-order valence-corrected chi connectivity index (χ3v) is 4.23. The molecule has 0 saturated heterocycles. The molecule has 1 aromatic heterocycles. The van der Waals surface area contributed by atoms with Gasteiger partial charge >= 0.3 is 0 Å². The van der Waals surface area contributed by atoms with Crippen molar-refractivity contribution in [3.05, 3.63) is 40.3 Å². The monoisotopic (exact) mass is 283 g/mol. The van der Waals surface area contributed by atoms with Gasteiger partial charge in [0.1, 0.15) is 9.90 Å². The van der Waals surface area contributed by atoms with Crippen LogP contribution < -0.4 is 10.5 Å². The van der Waals surface area contributed by atoms with Crippen LogP contribution in [-0.4, -0.2) is 13.4 Å². The van der Waals surface area contributed by atoms with Crippen LogP contribution in [0.3, 0.4) is 0 Å². The quantitative estimate of drug-likeness (QED) is 0.894. The summed E-state index contributed by atoms with van der Waals surface area (Å²) in [6.07, 6.45) is 0. The molecule has 0 fully saturated rings. The van der Waals surface area contributed by atoms with Gasteiger partial charge in [0.25, 0.3) is 0 Å². The summed E-state index contributed by atoms with van der Waals surface area (Å²) in [6, 6.07) is 6.55. The Kier molecular flexibility index (Phi) is 3.65. The summed E-state index contributed by atoms with van der Waals surface area (Å²) < 4.78 is 22.8. The molecule has 0 atom stereocenters. The second kappa shape index (κ2) is 5.05. The van der Waals surface area contributed by atoms with Crippen LogP contribution in [0.4, 0.5) is 5.69 Å². The highest BCUT2D eigenvalue weighted by atomic mass is 32.2. The number of para-hydroxylation sites is 1. The molecule has 0 aliphatic heterocycles. The van der Waals surface area contributed by atoms with Gasteiger partial charge in [-0.2, -0.15) is 0 Å². The third-order valence-electron chi connectivity index (χ3n) is 2.29. The highest BCUT2D eigenvalue weighted by molar-refractivity contribution is 7.89. The highest BCUT2D eigenvalue weighted by Gasteiger charge is 2.12. The average molecular weight is 283 g/mol. The van der Waals surface area contributed by atoms with E-state index in [1.165, 1.54) is 17.4 Å². The molecule has 1 heterocycles. The minimum absolute atomic E-state index is 0.0956. The van der Waals surface area contributed by atoms with E-state index in [0.29, 0.717) is 12.2 Å². The lowest BCUT2D eigenvalue weighted by molar-refractivity contribution is 0.598. The Labute approximate surface area is 110 Å². The zero-order chi connectivity index (χ0) is 13.2. The Hall–Kier alpha value is -1.44. The molecule has 0 spiro atoms. The Balaban J connectivity index is 2.20. The van der Waals surface area contributed by atoms with Crippen LogP contribution in [0.15, 0.2) is 34.5 Å². The lowest BCUT2D eigenvalue weighted by Crippen LogP contribution is -2.14. The summed E-state index contributed by atoms with van der Waals surface area (Å²) in [5, 5.41) is 11.0. The van der Waals surface area contributed by atoms with Gasteiger partial charge in [-0.3, -0.25) is 0 Å². The van der Waals surface area contributed by atoms with E-state index < -0.39 is 10.0 Å². The number of nitrogens with one attached hydrogen (secondary N) is 1. The zero-order valence-electron chi connectivity index (χ0n) is 9.75. The maximum atomic E-state index is 11.4. The number of primary sulfonamides is 1. The Morgan fingerprint density at radius 1 is 1.39 bits per heavy atom. The molecule has 3 N–H and O–H groups in total. The molecule has 1 aromatic carbocycles. The van der Waals surface area contributed by atoms with Gasteiger partial charge in [-0.15, -0.1) is 11.3 Å². The van der Waals surface area contributed by atoms with Crippen LogP contribution in [0.2, 0.25) is 0 Å². The molecular weight excluding hydrogens is 270 g/mol. The molecule has 0 saturated carbocycles. The van der Waals surface area contributed by atoms with Gasteiger partial charge in [0.05, 0.1) is 12.2 Å². The van der Waals surface area contributed by atoms with Gasteiger partial charge in [0, 0.05) is 11.1 Å². The number of sulfonamides is 1. The molecule has 5 nitrogen and oxygen atoms in total. The van der Waals surface area contributed by atoms with Crippen molar-refractivity contribution in [1.29, 1.82) is 0 Å². The number of benzene rings is 1. The fraction of sp³-hybridized carbons (Fsp3) is 0.182. The molecule has 2 aromatic rings. The molecular formula is C11H13N3O2S2. The number of thiazole rings is 1. The number of aryl methyl sites for hydroxylation is 1. The van der Waals surface area contributed by atoms with Crippen LogP contribution in [0.5, 0.6) is 0 Å². The van der Waals surface area contributed by atoms with Crippen molar-refractivity contribution in [2.45, 2.75) is 18.4 Å². The maximum absolute atomic E-state index is 11.4. The number of rotatable bonds is 4. The molecule has 0 radical (unpaired) electrons. The number of anilines is 1. The molecule has 2 rings (SSSR count). The van der Waals surface area contributed by atoms with E-state index in [-0.39, 0.29) is 4.90 Å². The Bertz CT molecular complexity index is 650. The zero-order valence-corrected chi connectivity index (χ0v) is 11.4. The van der Waals surface area contributed by atoms with Gasteiger partial charge in [-0.25, -0.2) is 18.5 Å². The smallest absolute Gasteiger partial charge is 0.240 e. The summed E-state index contributed by atoms with van der Waals surface area (Å²) in [6.45, 7) is 2.39. The molecule has 96 valence electrons. The van der Waals surface area contributed by atoms with E-state index in [2.05, 4.69) is 10.3 Å². The summed E-state index contributed by atoms with van der Waals surface area (Å²) in [5.41, 5.74) is 1.45. The Morgan fingerprint density at radius 3 is 2.72 bits per heavy atom. The number of hydrogen-bond acceptors (Lipinski definition) is 5. The van der Waals surface area contributed by atoms with E-state index in [9.17, 15) is 8.42 Å². The summed E-state index contributed by atoms with van der Waals surface area (Å²) >= 11 is 1.53. The van der Waals surface area contributed by atoms with E-state index in [4.69, 9.17) is 5.14 Å². The van der Waals surface area contributed by atoms with Gasteiger partial charge in [0.2, 0.25) is 10.0 Å². The minimum Gasteiger partial charge on any atom is -0.377 e.